The van der Waals surface area contributed by atoms with Crippen LogP contribution in [0.4, 0.5) is 0 Å². The van der Waals surface area contributed by atoms with E-state index in [1.54, 1.807) is 19.2 Å². The Morgan fingerprint density at radius 3 is 2.45 bits per heavy atom. The highest BCUT2D eigenvalue weighted by atomic mass is 16.5. The molecule has 1 aromatic heterocycles. The first kappa shape index (κ1) is 18.6. The zero-order valence-corrected chi connectivity index (χ0v) is 16.1. The summed E-state index contributed by atoms with van der Waals surface area (Å²) >= 11 is 0. The third kappa shape index (κ3) is 4.58. The highest BCUT2D eigenvalue weighted by molar-refractivity contribution is 5.91. The zero-order valence-electron chi connectivity index (χ0n) is 16.1. The summed E-state index contributed by atoms with van der Waals surface area (Å²) in [7, 11) is 1.62. The number of hydrogen-bond donors (Lipinski definition) is 1. The Morgan fingerprint density at radius 1 is 0.897 bits per heavy atom. The van der Waals surface area contributed by atoms with E-state index in [0.29, 0.717) is 12.3 Å². The summed E-state index contributed by atoms with van der Waals surface area (Å²) < 4.78 is 16.6. The Morgan fingerprint density at radius 2 is 1.66 bits per heavy atom. The number of fused-ring (bicyclic) bond motifs is 1. The molecule has 0 saturated carbocycles. The molecule has 146 valence electrons. The molecule has 29 heavy (non-hydrogen) atoms. The molecule has 1 N–H and O–H groups in total. The Balaban J connectivity index is 1.32. The second kappa shape index (κ2) is 8.52. The first-order valence-corrected chi connectivity index (χ1v) is 9.33. The van der Waals surface area contributed by atoms with Crippen LogP contribution in [0, 0.1) is 0 Å². The van der Waals surface area contributed by atoms with Crippen LogP contribution in [0.3, 0.4) is 0 Å². The number of hydrogen-bond acceptors (Lipinski definition) is 4. The summed E-state index contributed by atoms with van der Waals surface area (Å²) in [6, 6.07) is 25.0. The van der Waals surface area contributed by atoms with Gasteiger partial charge in [0.05, 0.1) is 7.11 Å². The Bertz CT molecular complexity index is 1120. The van der Waals surface area contributed by atoms with Gasteiger partial charge in [0.2, 0.25) is 0 Å². The molecule has 5 nitrogen and oxygen atoms in total. The highest BCUT2D eigenvalue weighted by Gasteiger charge is 2.11. The summed E-state index contributed by atoms with van der Waals surface area (Å²) in [5.74, 6) is 2.12. The fraction of sp³-hybridized carbons (Fsp3) is 0.125. The number of furan rings is 1. The van der Waals surface area contributed by atoms with Crippen LogP contribution in [-0.2, 0) is 13.2 Å². The van der Waals surface area contributed by atoms with E-state index in [2.05, 4.69) is 11.4 Å². The van der Waals surface area contributed by atoms with Crippen molar-refractivity contribution >= 4 is 16.7 Å². The minimum atomic E-state index is -0.266. The fourth-order valence-corrected chi connectivity index (χ4v) is 3.00. The van der Waals surface area contributed by atoms with E-state index >= 15 is 0 Å². The minimum absolute atomic E-state index is 0.254. The van der Waals surface area contributed by atoms with Crippen molar-refractivity contribution < 1.29 is 18.7 Å². The number of rotatable bonds is 7. The maximum atomic E-state index is 12.3. The number of benzene rings is 3. The molecule has 4 rings (SSSR count). The Hall–Kier alpha value is -3.73. The van der Waals surface area contributed by atoms with Gasteiger partial charge in [-0.25, -0.2) is 0 Å². The fourth-order valence-electron chi connectivity index (χ4n) is 3.00. The summed E-state index contributed by atoms with van der Waals surface area (Å²) in [5.41, 5.74) is 0.977. The van der Waals surface area contributed by atoms with Crippen LogP contribution in [-0.4, -0.2) is 13.0 Å². The van der Waals surface area contributed by atoms with Crippen molar-refractivity contribution in [3.63, 3.8) is 0 Å². The van der Waals surface area contributed by atoms with Gasteiger partial charge in [-0.3, -0.25) is 4.79 Å². The SMILES string of the molecule is COc1ccc(CNC(=O)c2ccc(COc3ccc4ccccc4c3)o2)cc1. The van der Waals surface area contributed by atoms with Gasteiger partial charge in [0.15, 0.2) is 5.76 Å². The third-order valence-electron chi connectivity index (χ3n) is 4.60. The van der Waals surface area contributed by atoms with E-state index in [1.165, 1.54) is 0 Å². The maximum Gasteiger partial charge on any atom is 0.287 e. The molecular formula is C24H21NO4. The molecule has 0 unspecified atom stereocenters. The summed E-state index contributed by atoms with van der Waals surface area (Å²) in [4.78, 5) is 12.3. The summed E-state index contributed by atoms with van der Waals surface area (Å²) in [6.45, 7) is 0.663. The minimum Gasteiger partial charge on any atom is -0.497 e. The Labute approximate surface area is 168 Å². The van der Waals surface area contributed by atoms with Crippen LogP contribution >= 0.6 is 0 Å². The zero-order chi connectivity index (χ0) is 20.1. The van der Waals surface area contributed by atoms with E-state index < -0.39 is 0 Å². The normalized spacial score (nSPS) is 10.7. The van der Waals surface area contributed by atoms with Crippen LogP contribution in [0.15, 0.2) is 83.3 Å². The standard InChI is InChI=1S/C24H21NO4/c1-27-20-9-6-17(7-10-20)15-25-24(26)23-13-12-22(29-23)16-28-21-11-8-18-4-2-3-5-19(18)14-21/h2-14H,15-16H2,1H3,(H,25,26). The van der Waals surface area contributed by atoms with Crippen molar-refractivity contribution in [1.29, 1.82) is 0 Å². The predicted molar refractivity (Wildman–Crippen MR) is 111 cm³/mol. The summed E-state index contributed by atoms with van der Waals surface area (Å²) in [6.07, 6.45) is 0. The highest BCUT2D eigenvalue weighted by Crippen LogP contribution is 2.22. The Kier molecular flexibility index (Phi) is 5.47. The van der Waals surface area contributed by atoms with E-state index in [4.69, 9.17) is 13.9 Å². The first-order chi connectivity index (χ1) is 14.2. The molecule has 0 bridgehead atoms. The van der Waals surface area contributed by atoms with Gasteiger partial charge in [0.1, 0.15) is 23.9 Å². The molecule has 0 aliphatic carbocycles. The molecule has 0 spiro atoms. The van der Waals surface area contributed by atoms with Crippen molar-refractivity contribution in [3.8, 4) is 11.5 Å². The van der Waals surface area contributed by atoms with Gasteiger partial charge >= 0.3 is 0 Å². The number of amides is 1. The molecule has 1 heterocycles. The maximum absolute atomic E-state index is 12.3. The second-order valence-corrected chi connectivity index (χ2v) is 6.59. The molecule has 1 amide bonds. The summed E-state index contributed by atoms with van der Waals surface area (Å²) in [5, 5.41) is 5.12. The molecular weight excluding hydrogens is 366 g/mol. The number of carbonyl (C=O) groups excluding carboxylic acids is 1. The quantitative estimate of drug-likeness (QED) is 0.487. The van der Waals surface area contributed by atoms with Gasteiger partial charge in [-0.1, -0.05) is 42.5 Å². The lowest BCUT2D eigenvalue weighted by Gasteiger charge is -2.06. The molecule has 3 aromatic carbocycles. The van der Waals surface area contributed by atoms with E-state index in [-0.39, 0.29) is 18.3 Å². The number of ether oxygens (including phenoxy) is 2. The van der Waals surface area contributed by atoms with Crippen molar-refractivity contribution in [1.82, 2.24) is 5.32 Å². The molecule has 0 aliphatic heterocycles. The van der Waals surface area contributed by atoms with E-state index in [9.17, 15) is 4.79 Å². The van der Waals surface area contributed by atoms with Crippen LogP contribution in [0.1, 0.15) is 21.9 Å². The van der Waals surface area contributed by atoms with E-state index in [0.717, 1.165) is 27.8 Å². The molecule has 0 fully saturated rings. The molecule has 0 aliphatic rings. The van der Waals surface area contributed by atoms with Crippen LogP contribution in [0.2, 0.25) is 0 Å². The third-order valence-corrected chi connectivity index (χ3v) is 4.60. The monoisotopic (exact) mass is 387 g/mol. The van der Waals surface area contributed by atoms with Crippen LogP contribution < -0.4 is 14.8 Å². The van der Waals surface area contributed by atoms with Gasteiger partial charge in [-0.2, -0.15) is 0 Å². The number of methoxy groups -OCH3 is 1. The lowest BCUT2D eigenvalue weighted by atomic mass is 10.1. The van der Waals surface area contributed by atoms with Crippen LogP contribution in [0.5, 0.6) is 11.5 Å². The van der Waals surface area contributed by atoms with Gasteiger partial charge in [0, 0.05) is 6.54 Å². The average molecular weight is 387 g/mol. The topological polar surface area (TPSA) is 60.7 Å². The van der Waals surface area contributed by atoms with Gasteiger partial charge in [0.25, 0.3) is 5.91 Å². The molecule has 0 radical (unpaired) electrons. The van der Waals surface area contributed by atoms with Gasteiger partial charge < -0.3 is 19.2 Å². The number of nitrogens with one attached hydrogen (secondary N) is 1. The predicted octanol–water partition coefficient (Wildman–Crippen LogP) is 4.95. The van der Waals surface area contributed by atoms with Crippen molar-refractivity contribution in [3.05, 3.63) is 95.9 Å². The molecule has 5 heteroatoms. The molecule has 4 aromatic rings. The van der Waals surface area contributed by atoms with Gasteiger partial charge in [-0.15, -0.1) is 0 Å². The van der Waals surface area contributed by atoms with Crippen LogP contribution in [0.25, 0.3) is 10.8 Å². The lowest BCUT2D eigenvalue weighted by molar-refractivity contribution is 0.0919. The number of carbonyl (C=O) groups is 1. The lowest BCUT2D eigenvalue weighted by Crippen LogP contribution is -2.22. The first-order valence-electron chi connectivity index (χ1n) is 9.33. The van der Waals surface area contributed by atoms with Crippen molar-refractivity contribution in [2.45, 2.75) is 13.2 Å². The van der Waals surface area contributed by atoms with Crippen molar-refractivity contribution in [2.75, 3.05) is 7.11 Å². The molecule has 0 atom stereocenters. The smallest absolute Gasteiger partial charge is 0.287 e. The van der Waals surface area contributed by atoms with Crippen molar-refractivity contribution in [2.24, 2.45) is 0 Å². The average Bonchev–Trinajstić information content (AvgIpc) is 3.25. The largest absolute Gasteiger partial charge is 0.497 e. The van der Waals surface area contributed by atoms with Gasteiger partial charge in [-0.05, 0) is 52.7 Å². The second-order valence-electron chi connectivity index (χ2n) is 6.59. The molecule has 0 saturated heterocycles. The van der Waals surface area contributed by atoms with E-state index in [1.807, 2.05) is 60.7 Å².